The number of aromatic hydroxyl groups is 1. The zero-order chi connectivity index (χ0) is 26.6. The van der Waals surface area contributed by atoms with Gasteiger partial charge in [0.15, 0.2) is 0 Å². The molecule has 1 aliphatic rings. The first-order valence-electron chi connectivity index (χ1n) is 12.4. The third-order valence-corrected chi connectivity index (χ3v) is 7.44. The van der Waals surface area contributed by atoms with Gasteiger partial charge in [-0.05, 0) is 60.9 Å². The van der Waals surface area contributed by atoms with Crippen LogP contribution in [-0.4, -0.2) is 26.8 Å². The number of phenolic OH excluding ortho intramolecular Hbond substituents is 1. The van der Waals surface area contributed by atoms with Gasteiger partial charge in [0.2, 0.25) is 0 Å². The van der Waals surface area contributed by atoms with Crippen LogP contribution in [0.5, 0.6) is 5.75 Å². The first kappa shape index (κ1) is 25.8. The van der Waals surface area contributed by atoms with Gasteiger partial charge in [-0.15, -0.1) is 0 Å². The van der Waals surface area contributed by atoms with E-state index in [1.54, 1.807) is 42.5 Å². The Labute approximate surface area is 230 Å². The van der Waals surface area contributed by atoms with Crippen LogP contribution in [0.4, 0.5) is 10.5 Å². The van der Waals surface area contributed by atoms with E-state index in [0.29, 0.717) is 32.6 Å². The van der Waals surface area contributed by atoms with E-state index >= 15 is 0 Å². The lowest BCUT2D eigenvalue weighted by molar-refractivity contribution is 0.102. The molecule has 0 bridgehead atoms. The van der Waals surface area contributed by atoms with E-state index in [1.165, 1.54) is 10.7 Å². The van der Waals surface area contributed by atoms with Crippen molar-refractivity contribution >= 4 is 40.8 Å². The van der Waals surface area contributed by atoms with Crippen molar-refractivity contribution in [3.05, 3.63) is 99.7 Å². The number of benzene rings is 3. The zero-order valence-corrected chi connectivity index (χ0v) is 22.0. The average molecular weight is 549 g/mol. The maximum absolute atomic E-state index is 13.3. The Morgan fingerprint density at radius 2 is 1.66 bits per heavy atom. The monoisotopic (exact) mass is 548 g/mol. The molecule has 1 heterocycles. The van der Waals surface area contributed by atoms with Gasteiger partial charge in [-0.3, -0.25) is 4.79 Å². The summed E-state index contributed by atoms with van der Waals surface area (Å²) in [5, 5.41) is 21.9. The van der Waals surface area contributed by atoms with Crippen LogP contribution in [0, 0.1) is 0 Å². The Balaban J connectivity index is 1.43. The molecule has 38 heavy (non-hydrogen) atoms. The van der Waals surface area contributed by atoms with Gasteiger partial charge in [0.25, 0.3) is 5.91 Å². The van der Waals surface area contributed by atoms with Crippen molar-refractivity contribution in [3.8, 4) is 17.0 Å². The number of hydrogen-bond donors (Lipinski definition) is 3. The summed E-state index contributed by atoms with van der Waals surface area (Å²) >= 11 is 12.4. The van der Waals surface area contributed by atoms with Crippen molar-refractivity contribution in [3.63, 3.8) is 0 Å². The van der Waals surface area contributed by atoms with Gasteiger partial charge >= 0.3 is 6.03 Å². The highest BCUT2D eigenvalue weighted by atomic mass is 35.5. The lowest BCUT2D eigenvalue weighted by Crippen LogP contribution is -2.30. The van der Waals surface area contributed by atoms with E-state index in [9.17, 15) is 14.7 Å². The molecule has 1 aromatic heterocycles. The second kappa shape index (κ2) is 11.3. The minimum atomic E-state index is -0.374. The number of anilines is 1. The van der Waals surface area contributed by atoms with E-state index in [2.05, 4.69) is 15.7 Å². The summed E-state index contributed by atoms with van der Waals surface area (Å²) in [5.41, 5.74) is 3.23. The SMILES string of the molecule is O=C(Nc1ccc(O)c(-c2cc(C3CCCC3)n(C(=O)NCc3ccccc3Cl)n2)c1)c1ccccc1Cl. The maximum Gasteiger partial charge on any atom is 0.342 e. The van der Waals surface area contributed by atoms with Gasteiger partial charge in [0, 0.05) is 28.7 Å². The maximum atomic E-state index is 13.3. The van der Waals surface area contributed by atoms with E-state index in [-0.39, 0.29) is 30.2 Å². The minimum absolute atomic E-state index is 0.0140. The molecule has 1 saturated carbocycles. The predicted molar refractivity (Wildman–Crippen MR) is 149 cm³/mol. The number of nitrogens with one attached hydrogen (secondary N) is 2. The van der Waals surface area contributed by atoms with Gasteiger partial charge < -0.3 is 15.7 Å². The van der Waals surface area contributed by atoms with E-state index in [0.717, 1.165) is 36.9 Å². The third kappa shape index (κ3) is 5.54. The molecule has 3 aromatic carbocycles. The van der Waals surface area contributed by atoms with Crippen molar-refractivity contribution in [2.45, 2.75) is 38.1 Å². The molecule has 2 amide bonds. The Morgan fingerprint density at radius 1 is 0.947 bits per heavy atom. The van der Waals surface area contributed by atoms with Gasteiger partial charge in [-0.1, -0.05) is 66.4 Å². The van der Waals surface area contributed by atoms with Gasteiger partial charge in [0.1, 0.15) is 5.75 Å². The standard InChI is InChI=1S/C29H26Cl2N4O3/c30-23-11-5-3-9-19(23)17-32-29(38)35-26(18-7-1-2-8-18)16-25(34-35)22-15-20(13-14-27(22)36)33-28(37)21-10-4-6-12-24(21)31/h3-6,9-16,18,36H,1-2,7-8,17H2,(H,32,38)(H,33,37). The molecule has 5 rings (SSSR count). The topological polar surface area (TPSA) is 96.2 Å². The number of carbonyl (C=O) groups is 2. The molecule has 0 spiro atoms. The molecule has 1 aliphatic carbocycles. The largest absolute Gasteiger partial charge is 0.507 e. The lowest BCUT2D eigenvalue weighted by atomic mass is 10.0. The van der Waals surface area contributed by atoms with Crippen molar-refractivity contribution in [2.75, 3.05) is 5.32 Å². The second-order valence-electron chi connectivity index (χ2n) is 9.26. The van der Waals surface area contributed by atoms with Crippen LogP contribution < -0.4 is 10.6 Å². The summed E-state index contributed by atoms with van der Waals surface area (Å²) in [6.07, 6.45) is 4.09. The summed E-state index contributed by atoms with van der Waals surface area (Å²) in [6.45, 7) is 0.257. The smallest absolute Gasteiger partial charge is 0.342 e. The van der Waals surface area contributed by atoms with Gasteiger partial charge in [-0.2, -0.15) is 9.78 Å². The normalized spacial score (nSPS) is 13.4. The first-order valence-corrected chi connectivity index (χ1v) is 13.2. The fourth-order valence-corrected chi connectivity index (χ4v) is 5.18. The van der Waals surface area contributed by atoms with Crippen molar-refractivity contribution in [1.82, 2.24) is 15.1 Å². The number of nitrogens with zero attached hydrogens (tertiary/aromatic N) is 2. The Bertz CT molecular complexity index is 1490. The van der Waals surface area contributed by atoms with Gasteiger partial charge in [0.05, 0.1) is 22.0 Å². The Morgan fingerprint density at radius 3 is 2.39 bits per heavy atom. The molecule has 0 saturated heterocycles. The highest BCUT2D eigenvalue weighted by Gasteiger charge is 2.26. The molecule has 0 atom stereocenters. The van der Waals surface area contributed by atoms with E-state index < -0.39 is 0 Å². The third-order valence-electron chi connectivity index (χ3n) is 6.74. The number of aromatic nitrogens is 2. The molecule has 3 N–H and O–H groups in total. The number of hydrogen-bond acceptors (Lipinski definition) is 4. The molecule has 0 aliphatic heterocycles. The molecule has 0 unspecified atom stereocenters. The van der Waals surface area contributed by atoms with E-state index in [1.807, 2.05) is 24.3 Å². The zero-order valence-electron chi connectivity index (χ0n) is 20.5. The van der Waals surface area contributed by atoms with Crippen LogP contribution in [0.15, 0.2) is 72.8 Å². The number of halogens is 2. The van der Waals surface area contributed by atoms with Crippen LogP contribution in [0.3, 0.4) is 0 Å². The lowest BCUT2D eigenvalue weighted by Gasteiger charge is -2.12. The van der Waals surface area contributed by atoms with Gasteiger partial charge in [-0.25, -0.2) is 4.79 Å². The average Bonchev–Trinajstić information content (AvgIpc) is 3.60. The van der Waals surface area contributed by atoms with Crippen molar-refractivity contribution in [1.29, 1.82) is 0 Å². The molecule has 1 fully saturated rings. The number of phenols is 1. The fourth-order valence-electron chi connectivity index (χ4n) is 4.75. The molecule has 0 radical (unpaired) electrons. The van der Waals surface area contributed by atoms with Crippen LogP contribution in [0.2, 0.25) is 10.0 Å². The molecular formula is C29H26Cl2N4O3. The summed E-state index contributed by atoms with van der Waals surface area (Å²) in [4.78, 5) is 26.0. The first-order chi connectivity index (χ1) is 18.4. The highest BCUT2D eigenvalue weighted by molar-refractivity contribution is 6.34. The van der Waals surface area contributed by atoms with Crippen LogP contribution in [0.25, 0.3) is 11.3 Å². The van der Waals surface area contributed by atoms with Crippen LogP contribution >= 0.6 is 23.2 Å². The number of rotatable bonds is 6. The van der Waals surface area contributed by atoms with Crippen molar-refractivity contribution < 1.29 is 14.7 Å². The molecular weight excluding hydrogens is 523 g/mol. The van der Waals surface area contributed by atoms with Crippen LogP contribution in [0.1, 0.15) is 53.2 Å². The predicted octanol–water partition coefficient (Wildman–Crippen LogP) is 7.23. The second-order valence-corrected chi connectivity index (χ2v) is 10.1. The summed E-state index contributed by atoms with van der Waals surface area (Å²) in [7, 11) is 0. The molecule has 4 aromatic rings. The molecule has 7 nitrogen and oxygen atoms in total. The van der Waals surface area contributed by atoms with Crippen molar-refractivity contribution in [2.24, 2.45) is 0 Å². The summed E-state index contributed by atoms with van der Waals surface area (Å²) < 4.78 is 1.39. The Kier molecular flexibility index (Phi) is 7.67. The quantitative estimate of drug-likeness (QED) is 0.221. The molecule has 9 heteroatoms. The highest BCUT2D eigenvalue weighted by Crippen LogP contribution is 2.38. The molecule has 194 valence electrons. The van der Waals surface area contributed by atoms with Crippen LogP contribution in [-0.2, 0) is 6.54 Å². The summed E-state index contributed by atoms with van der Waals surface area (Å²) in [6, 6.07) is 20.3. The number of carbonyl (C=O) groups excluding carboxylic acids is 2. The number of amides is 2. The minimum Gasteiger partial charge on any atom is -0.507 e. The van der Waals surface area contributed by atoms with E-state index in [4.69, 9.17) is 23.2 Å². The Hall–Kier alpha value is -3.81. The fraction of sp³-hybridized carbons (Fsp3) is 0.207. The summed E-state index contributed by atoms with van der Waals surface area (Å²) in [5.74, 6) is -0.198.